The molecule has 1 aromatic heterocycles. The number of aromatic nitrogens is 2. The Morgan fingerprint density at radius 1 is 0.906 bits per heavy atom. The monoisotopic (exact) mass is 479 g/mol. The van der Waals surface area contributed by atoms with Crippen molar-refractivity contribution in [1.82, 2.24) is 14.5 Å². The average Bonchev–Trinajstić information content (AvgIpc) is 3.28. The number of sulfonamides is 1. The lowest BCUT2D eigenvalue weighted by Crippen LogP contribution is -2.40. The van der Waals surface area contributed by atoms with Crippen molar-refractivity contribution in [3.8, 4) is 0 Å². The number of hydrogen-bond acceptors (Lipinski definition) is 3. The minimum atomic E-state index is -5.08. The van der Waals surface area contributed by atoms with E-state index in [1.807, 2.05) is 0 Å². The molecule has 0 radical (unpaired) electrons. The first-order chi connectivity index (χ1) is 14.8. The van der Waals surface area contributed by atoms with Crippen molar-refractivity contribution in [2.24, 2.45) is 0 Å². The SMILES string of the molecule is O=S(=O)(c1ccc(C(F)(F)F)cc1)N1C(c2ccc(F)cc2)c2[nH]ncc2C1C(F)(F)F. The predicted molar refractivity (Wildman–Crippen MR) is 96.1 cm³/mol. The minimum absolute atomic E-state index is 0.0131. The fraction of sp³-hybridized carbons (Fsp3) is 0.211. The fourth-order valence-corrected chi connectivity index (χ4v) is 5.39. The number of alkyl halides is 6. The maximum Gasteiger partial charge on any atom is 0.416 e. The van der Waals surface area contributed by atoms with Crippen LogP contribution in [0.2, 0.25) is 0 Å². The van der Waals surface area contributed by atoms with Crippen molar-refractivity contribution >= 4 is 10.0 Å². The van der Waals surface area contributed by atoms with Gasteiger partial charge in [-0.2, -0.15) is 35.7 Å². The zero-order valence-corrected chi connectivity index (χ0v) is 16.4. The van der Waals surface area contributed by atoms with Crippen LogP contribution in [0.1, 0.15) is 34.5 Å². The van der Waals surface area contributed by atoms with Crippen molar-refractivity contribution < 1.29 is 39.2 Å². The summed E-state index contributed by atoms with van der Waals surface area (Å²) in [5, 5.41) is 5.95. The van der Waals surface area contributed by atoms with Gasteiger partial charge in [0.25, 0.3) is 0 Å². The Hall–Kier alpha value is -2.93. The summed E-state index contributed by atoms with van der Waals surface area (Å²) in [6.45, 7) is 0. The summed E-state index contributed by atoms with van der Waals surface area (Å²) in [6.07, 6.45) is -9.00. The Labute approximate surface area is 176 Å². The molecular formula is C19H12F7N3O2S. The van der Waals surface area contributed by atoms with Gasteiger partial charge in [-0.05, 0) is 42.0 Å². The van der Waals surface area contributed by atoms with Crippen molar-refractivity contribution in [1.29, 1.82) is 0 Å². The molecule has 2 atom stereocenters. The number of aromatic amines is 1. The van der Waals surface area contributed by atoms with Gasteiger partial charge < -0.3 is 0 Å². The van der Waals surface area contributed by atoms with E-state index in [9.17, 15) is 39.2 Å². The molecule has 0 saturated carbocycles. The third kappa shape index (κ3) is 3.64. The van der Waals surface area contributed by atoms with Gasteiger partial charge in [0.05, 0.1) is 28.4 Å². The van der Waals surface area contributed by atoms with Crippen LogP contribution < -0.4 is 0 Å². The van der Waals surface area contributed by atoms with Gasteiger partial charge in [0.15, 0.2) is 6.04 Å². The van der Waals surface area contributed by atoms with Crippen LogP contribution in [-0.2, 0) is 16.2 Å². The molecule has 0 bridgehead atoms. The lowest BCUT2D eigenvalue weighted by atomic mass is 10.0. The lowest BCUT2D eigenvalue weighted by Gasteiger charge is -2.31. The van der Waals surface area contributed by atoms with E-state index in [2.05, 4.69) is 10.2 Å². The van der Waals surface area contributed by atoms with Gasteiger partial charge in [0.1, 0.15) is 5.82 Å². The van der Waals surface area contributed by atoms with Crippen LogP contribution in [0.15, 0.2) is 59.6 Å². The van der Waals surface area contributed by atoms with Crippen LogP contribution in [0.5, 0.6) is 0 Å². The van der Waals surface area contributed by atoms with Crippen LogP contribution >= 0.6 is 0 Å². The van der Waals surface area contributed by atoms with E-state index in [1.165, 1.54) is 0 Å². The van der Waals surface area contributed by atoms with Gasteiger partial charge in [0.2, 0.25) is 10.0 Å². The van der Waals surface area contributed by atoms with Crippen LogP contribution in [0, 0.1) is 5.82 Å². The summed E-state index contributed by atoms with van der Waals surface area (Å²) >= 11 is 0. The maximum absolute atomic E-state index is 14.0. The van der Waals surface area contributed by atoms with Gasteiger partial charge >= 0.3 is 12.4 Å². The average molecular weight is 479 g/mol. The molecule has 4 rings (SSSR count). The Morgan fingerprint density at radius 2 is 1.50 bits per heavy atom. The number of nitrogens with zero attached hydrogens (tertiary/aromatic N) is 2. The number of rotatable bonds is 3. The highest BCUT2D eigenvalue weighted by Gasteiger charge is 2.58. The lowest BCUT2D eigenvalue weighted by molar-refractivity contribution is -0.172. The second-order valence-corrected chi connectivity index (χ2v) is 8.84. The second-order valence-electron chi connectivity index (χ2n) is 6.99. The fourth-order valence-electron chi connectivity index (χ4n) is 3.65. The summed E-state index contributed by atoms with van der Waals surface area (Å²) in [4.78, 5) is -0.759. The van der Waals surface area contributed by atoms with E-state index >= 15 is 0 Å². The molecule has 32 heavy (non-hydrogen) atoms. The van der Waals surface area contributed by atoms with Crippen LogP contribution in [-0.4, -0.2) is 29.1 Å². The Kier molecular flexibility index (Phi) is 5.08. The number of fused-ring (bicyclic) bond motifs is 1. The second kappa shape index (κ2) is 7.30. The van der Waals surface area contributed by atoms with Gasteiger partial charge in [-0.15, -0.1) is 0 Å². The molecule has 0 spiro atoms. The molecule has 0 fully saturated rings. The number of H-pyrrole nitrogens is 1. The molecule has 2 heterocycles. The summed E-state index contributed by atoms with van der Waals surface area (Å²) in [5.41, 5.74) is -1.77. The molecule has 1 aliphatic rings. The molecule has 170 valence electrons. The Bertz CT molecular complexity index is 1230. The number of hydrogen-bond donors (Lipinski definition) is 1. The maximum atomic E-state index is 14.0. The third-order valence-corrected chi connectivity index (χ3v) is 6.87. The molecule has 1 aliphatic heterocycles. The standard InChI is InChI=1S/C19H12F7N3O2S/c20-12-5-1-10(2-6-12)16-15-14(9-27-28-15)17(19(24,25)26)29(16)32(30,31)13-7-3-11(4-8-13)18(21,22)23/h1-9,16-17H,(H,27,28). The van der Waals surface area contributed by atoms with E-state index in [1.54, 1.807) is 0 Å². The van der Waals surface area contributed by atoms with E-state index in [0.29, 0.717) is 24.3 Å². The predicted octanol–water partition coefficient (Wildman–Crippen LogP) is 4.96. The van der Waals surface area contributed by atoms with Crippen molar-refractivity contribution in [2.45, 2.75) is 29.3 Å². The van der Waals surface area contributed by atoms with Gasteiger partial charge in [-0.3, -0.25) is 5.10 Å². The molecule has 0 aliphatic carbocycles. The summed E-state index contributed by atoms with van der Waals surface area (Å²) < 4.78 is 121. The highest BCUT2D eigenvalue weighted by Crippen LogP contribution is 2.53. The van der Waals surface area contributed by atoms with E-state index in [0.717, 1.165) is 30.5 Å². The Balaban J connectivity index is 1.89. The zero-order chi connectivity index (χ0) is 23.5. The first-order valence-electron chi connectivity index (χ1n) is 8.88. The first-order valence-corrected chi connectivity index (χ1v) is 10.3. The van der Waals surface area contributed by atoms with Crippen molar-refractivity contribution in [3.63, 3.8) is 0 Å². The zero-order valence-electron chi connectivity index (χ0n) is 15.6. The number of nitrogens with one attached hydrogen (secondary N) is 1. The van der Waals surface area contributed by atoms with Crippen LogP contribution in [0.25, 0.3) is 0 Å². The molecule has 0 amide bonds. The summed E-state index contributed by atoms with van der Waals surface area (Å²) in [5.74, 6) is -0.693. The molecule has 3 aromatic rings. The molecule has 1 N–H and O–H groups in total. The van der Waals surface area contributed by atoms with Crippen LogP contribution in [0.3, 0.4) is 0 Å². The molecule has 5 nitrogen and oxygen atoms in total. The normalized spacial score (nSPS) is 19.8. The van der Waals surface area contributed by atoms with Gasteiger partial charge in [0, 0.05) is 5.56 Å². The van der Waals surface area contributed by atoms with E-state index in [-0.39, 0.29) is 15.6 Å². The molecule has 2 unspecified atom stereocenters. The molecule has 2 aromatic carbocycles. The topological polar surface area (TPSA) is 66.1 Å². The van der Waals surface area contributed by atoms with Gasteiger partial charge in [-0.1, -0.05) is 12.1 Å². The minimum Gasteiger partial charge on any atom is -0.280 e. The summed E-state index contributed by atoms with van der Waals surface area (Å²) in [6, 6.07) is 2.07. The molecule has 13 heteroatoms. The van der Waals surface area contributed by atoms with Crippen molar-refractivity contribution in [3.05, 3.63) is 82.9 Å². The highest BCUT2D eigenvalue weighted by atomic mass is 32.2. The first kappa shape index (κ1) is 22.3. The van der Waals surface area contributed by atoms with Gasteiger partial charge in [-0.25, -0.2) is 12.8 Å². The number of benzene rings is 2. The highest BCUT2D eigenvalue weighted by molar-refractivity contribution is 7.89. The van der Waals surface area contributed by atoms with Crippen molar-refractivity contribution in [2.75, 3.05) is 0 Å². The summed E-state index contributed by atoms with van der Waals surface area (Å²) in [7, 11) is -4.97. The Morgan fingerprint density at radius 3 is 2.03 bits per heavy atom. The molecular weight excluding hydrogens is 467 g/mol. The quantitative estimate of drug-likeness (QED) is 0.540. The molecule has 0 saturated heterocycles. The third-order valence-electron chi connectivity index (χ3n) is 5.03. The number of halogens is 7. The van der Waals surface area contributed by atoms with E-state index < -0.39 is 56.3 Å². The smallest absolute Gasteiger partial charge is 0.280 e. The van der Waals surface area contributed by atoms with Crippen LogP contribution in [0.4, 0.5) is 30.7 Å². The largest absolute Gasteiger partial charge is 0.416 e. The van der Waals surface area contributed by atoms with E-state index in [4.69, 9.17) is 0 Å².